The van der Waals surface area contributed by atoms with Crippen molar-refractivity contribution >= 4 is 7.85 Å². The minimum atomic E-state index is -0.0835. The first-order valence-corrected chi connectivity index (χ1v) is 5.10. The maximum absolute atomic E-state index is 9.01. The molecule has 82 valence electrons. The molecule has 14 heavy (non-hydrogen) atoms. The molecule has 0 aliphatic rings. The largest absolute Gasteiger partial charge is 0.396 e. The number of rotatable bonds is 7. The fourth-order valence-corrected chi connectivity index (χ4v) is 0.732. The van der Waals surface area contributed by atoms with Gasteiger partial charge in [-0.15, -0.1) is 0 Å². The van der Waals surface area contributed by atoms with E-state index in [4.69, 9.17) is 13.0 Å². The zero-order valence-electron chi connectivity index (χ0n) is 9.85. The number of aliphatic hydroxyl groups excluding tert-OH is 1. The molecule has 0 aromatic rings. The van der Waals surface area contributed by atoms with Gasteiger partial charge in [0.05, 0.1) is 7.85 Å². The van der Waals surface area contributed by atoms with E-state index >= 15 is 0 Å². The molecule has 3 N–H and O–H groups in total. The summed E-state index contributed by atoms with van der Waals surface area (Å²) in [4.78, 5) is 0. The molecule has 0 unspecified atom stereocenters. The molecule has 0 aromatic heterocycles. The minimum Gasteiger partial charge on any atom is -0.396 e. The van der Waals surface area contributed by atoms with Crippen LogP contribution >= 0.6 is 0 Å². The Balaban J connectivity index is 3.57. The lowest BCUT2D eigenvalue weighted by atomic mass is 9.79. The molecule has 0 amide bonds. The van der Waals surface area contributed by atoms with Gasteiger partial charge in [-0.2, -0.15) is 0 Å². The molecule has 0 saturated heterocycles. The van der Waals surface area contributed by atoms with E-state index in [2.05, 4.69) is 24.7 Å². The Morgan fingerprint density at radius 1 is 1.00 bits per heavy atom. The number of hydrogen-bond donors (Lipinski definition) is 3. The molecule has 0 heterocycles. The van der Waals surface area contributed by atoms with E-state index in [9.17, 15) is 0 Å². The van der Waals surface area contributed by atoms with Crippen molar-refractivity contribution in [2.45, 2.75) is 34.0 Å². The molecule has 0 spiro atoms. The van der Waals surface area contributed by atoms with E-state index in [-0.39, 0.29) is 17.4 Å². The third-order valence-corrected chi connectivity index (χ3v) is 2.24. The van der Waals surface area contributed by atoms with Gasteiger partial charge in [0, 0.05) is 25.1 Å². The summed E-state index contributed by atoms with van der Waals surface area (Å²) in [6.45, 7) is 9.99. The van der Waals surface area contributed by atoms with Crippen molar-refractivity contribution in [3.63, 3.8) is 0 Å². The Bertz CT molecular complexity index is 142. The normalized spacial score (nSPS) is 13.2. The third-order valence-electron chi connectivity index (χ3n) is 2.24. The molecule has 0 fully saturated rings. The second-order valence-corrected chi connectivity index (χ2v) is 5.40. The average molecular weight is 198 g/mol. The molecule has 0 bridgehead atoms. The van der Waals surface area contributed by atoms with Crippen LogP contribution in [-0.2, 0) is 0 Å². The lowest BCUT2D eigenvalue weighted by molar-refractivity contribution is 0.150. The van der Waals surface area contributed by atoms with Crippen molar-refractivity contribution in [2.75, 3.05) is 19.7 Å². The summed E-state index contributed by atoms with van der Waals surface area (Å²) in [6.07, 6.45) is 0.658. The summed E-state index contributed by atoms with van der Waals surface area (Å²) < 4.78 is 0. The molecule has 0 rings (SSSR count). The van der Waals surface area contributed by atoms with Gasteiger partial charge in [-0.25, -0.2) is 0 Å². The van der Waals surface area contributed by atoms with E-state index in [1.165, 1.54) is 0 Å². The van der Waals surface area contributed by atoms with Crippen LogP contribution in [-0.4, -0.2) is 32.6 Å². The monoisotopic (exact) mass is 198 g/mol. The Morgan fingerprint density at radius 3 is 1.79 bits per heavy atom. The topological polar surface area (TPSA) is 44.3 Å². The smallest absolute Gasteiger partial charge is 0.0660 e. The van der Waals surface area contributed by atoms with Crippen LogP contribution in [0.4, 0.5) is 0 Å². The van der Waals surface area contributed by atoms with E-state index in [0.717, 1.165) is 13.1 Å². The Kier molecular flexibility index (Phi) is 5.71. The third kappa shape index (κ3) is 6.41. The molecular weight excluding hydrogens is 175 g/mol. The van der Waals surface area contributed by atoms with Crippen molar-refractivity contribution in [3.8, 4) is 0 Å². The van der Waals surface area contributed by atoms with Crippen molar-refractivity contribution in [2.24, 2.45) is 10.8 Å². The Hall–Kier alpha value is -0.0551. The molecule has 4 heteroatoms. The van der Waals surface area contributed by atoms with E-state index in [0.29, 0.717) is 6.32 Å². The number of hydrazine groups is 1. The molecule has 0 aliphatic heterocycles. The summed E-state index contributed by atoms with van der Waals surface area (Å²) in [7, 11) is 5.59. The summed E-state index contributed by atoms with van der Waals surface area (Å²) in [5.74, 6) is 0. The van der Waals surface area contributed by atoms with Crippen LogP contribution in [0.2, 0.25) is 6.32 Å². The second-order valence-electron chi connectivity index (χ2n) is 5.40. The predicted molar refractivity (Wildman–Crippen MR) is 61.2 cm³/mol. The molecule has 0 aliphatic carbocycles. The Morgan fingerprint density at radius 2 is 1.43 bits per heavy atom. The number of aliphatic hydroxyl groups is 1. The van der Waals surface area contributed by atoms with Gasteiger partial charge in [0.25, 0.3) is 0 Å². The van der Waals surface area contributed by atoms with E-state index < -0.39 is 0 Å². The first kappa shape index (κ1) is 13.9. The highest BCUT2D eigenvalue weighted by molar-refractivity contribution is 6.08. The van der Waals surface area contributed by atoms with Gasteiger partial charge in [-0.3, -0.25) is 10.9 Å². The summed E-state index contributed by atoms with van der Waals surface area (Å²) in [5, 5.41) is 9.01. The SMILES string of the molecule is [B]CC(C)(C)CNNCC(C)(C)CO. The first-order chi connectivity index (χ1) is 6.33. The van der Waals surface area contributed by atoms with Gasteiger partial charge in [-0.1, -0.05) is 34.0 Å². The van der Waals surface area contributed by atoms with Crippen LogP contribution in [0.15, 0.2) is 0 Å². The summed E-state index contributed by atoms with van der Waals surface area (Å²) >= 11 is 0. The maximum Gasteiger partial charge on any atom is 0.0660 e. The fourth-order valence-electron chi connectivity index (χ4n) is 0.732. The van der Waals surface area contributed by atoms with E-state index in [1.807, 2.05) is 13.8 Å². The van der Waals surface area contributed by atoms with Crippen molar-refractivity contribution < 1.29 is 5.11 Å². The molecule has 0 aromatic carbocycles. The first-order valence-electron chi connectivity index (χ1n) is 5.10. The van der Waals surface area contributed by atoms with Crippen molar-refractivity contribution in [1.29, 1.82) is 0 Å². The van der Waals surface area contributed by atoms with Gasteiger partial charge < -0.3 is 5.11 Å². The zero-order chi connectivity index (χ0) is 11.2. The van der Waals surface area contributed by atoms with Crippen molar-refractivity contribution in [3.05, 3.63) is 0 Å². The van der Waals surface area contributed by atoms with Crippen LogP contribution in [0.25, 0.3) is 0 Å². The van der Waals surface area contributed by atoms with Crippen molar-refractivity contribution in [1.82, 2.24) is 10.9 Å². The average Bonchev–Trinajstić information content (AvgIpc) is 2.13. The lowest BCUT2D eigenvalue weighted by Crippen LogP contribution is -2.44. The molecule has 2 radical (unpaired) electrons. The van der Waals surface area contributed by atoms with Crippen LogP contribution in [0.5, 0.6) is 0 Å². The van der Waals surface area contributed by atoms with Crippen LogP contribution < -0.4 is 10.9 Å². The standard InChI is InChI=1S/C10H23BN2O/c1-9(2,5-11)6-12-13-7-10(3,4)8-14/h12-14H,5-8H2,1-4H3. The number of hydrogen-bond acceptors (Lipinski definition) is 3. The van der Waals surface area contributed by atoms with Gasteiger partial charge in [-0.05, 0) is 5.41 Å². The highest BCUT2D eigenvalue weighted by Gasteiger charge is 2.17. The van der Waals surface area contributed by atoms with Gasteiger partial charge in [0.15, 0.2) is 0 Å². The van der Waals surface area contributed by atoms with Crippen LogP contribution in [0.3, 0.4) is 0 Å². The molecular formula is C10H23BN2O. The Labute approximate surface area is 89.0 Å². The van der Waals surface area contributed by atoms with Gasteiger partial charge >= 0.3 is 0 Å². The van der Waals surface area contributed by atoms with Crippen LogP contribution in [0.1, 0.15) is 27.7 Å². The maximum atomic E-state index is 9.01. The summed E-state index contributed by atoms with van der Waals surface area (Å²) in [5.41, 5.74) is 6.25. The highest BCUT2D eigenvalue weighted by Crippen LogP contribution is 2.16. The highest BCUT2D eigenvalue weighted by atomic mass is 16.3. The summed E-state index contributed by atoms with van der Waals surface area (Å²) in [6, 6.07) is 0. The lowest BCUT2D eigenvalue weighted by Gasteiger charge is -2.26. The second kappa shape index (κ2) is 5.74. The molecule has 0 atom stereocenters. The number of nitrogens with one attached hydrogen (secondary N) is 2. The minimum absolute atomic E-state index is 0.0835. The van der Waals surface area contributed by atoms with Crippen LogP contribution in [0, 0.1) is 10.8 Å². The quantitative estimate of drug-likeness (QED) is 0.320. The van der Waals surface area contributed by atoms with Gasteiger partial charge in [0.1, 0.15) is 0 Å². The predicted octanol–water partition coefficient (Wildman–Crippen LogP) is 0.712. The van der Waals surface area contributed by atoms with E-state index in [1.54, 1.807) is 0 Å². The molecule has 0 saturated carbocycles. The fraction of sp³-hybridized carbons (Fsp3) is 1.00. The zero-order valence-corrected chi connectivity index (χ0v) is 9.85. The molecule has 3 nitrogen and oxygen atoms in total. The van der Waals surface area contributed by atoms with Gasteiger partial charge in [0.2, 0.25) is 0 Å².